The van der Waals surface area contributed by atoms with Gasteiger partial charge in [0.05, 0.1) is 13.7 Å². The number of likely N-dealkylation sites (tertiary alicyclic amines) is 1. The Morgan fingerprint density at radius 3 is 2.61 bits per heavy atom. The molecular formula is C27H28BrN3O7. The molecule has 0 saturated carbocycles. The number of rotatable bonds is 6. The minimum Gasteiger partial charge on any atom is -0.493 e. The van der Waals surface area contributed by atoms with Gasteiger partial charge >= 0.3 is 11.9 Å². The fourth-order valence-electron chi connectivity index (χ4n) is 4.96. The van der Waals surface area contributed by atoms with Crippen LogP contribution < -0.4 is 15.0 Å². The molecule has 2 N–H and O–H groups in total. The lowest BCUT2D eigenvalue weighted by atomic mass is 9.87. The number of carbonyl (C=O) groups is 2. The summed E-state index contributed by atoms with van der Waals surface area (Å²) in [5.41, 5.74) is 3.55. The number of para-hydroxylation sites is 1. The minimum atomic E-state index is -1.26. The van der Waals surface area contributed by atoms with Crippen molar-refractivity contribution in [2.45, 2.75) is 19.3 Å². The number of benzene rings is 1. The van der Waals surface area contributed by atoms with Crippen LogP contribution >= 0.6 is 15.9 Å². The van der Waals surface area contributed by atoms with E-state index in [1.165, 1.54) is 5.56 Å². The predicted octanol–water partition coefficient (Wildman–Crippen LogP) is 3.14. The first-order chi connectivity index (χ1) is 18.2. The average Bonchev–Trinajstić information content (AvgIpc) is 3.31. The van der Waals surface area contributed by atoms with Crippen LogP contribution in [0.15, 0.2) is 57.9 Å². The molecule has 3 aromatic rings. The van der Waals surface area contributed by atoms with Gasteiger partial charge in [0.25, 0.3) is 5.56 Å². The van der Waals surface area contributed by atoms with Crippen LogP contribution in [-0.2, 0) is 16.0 Å². The van der Waals surface area contributed by atoms with Gasteiger partial charge in [0.15, 0.2) is 11.5 Å². The maximum atomic E-state index is 13.0. The summed E-state index contributed by atoms with van der Waals surface area (Å²) in [7, 11) is 1.68. The van der Waals surface area contributed by atoms with Crippen LogP contribution in [0.1, 0.15) is 22.7 Å². The molecular weight excluding hydrogens is 558 g/mol. The summed E-state index contributed by atoms with van der Waals surface area (Å²) in [6, 6.07) is 9.91. The van der Waals surface area contributed by atoms with Gasteiger partial charge in [0, 0.05) is 71.1 Å². The normalized spacial score (nSPS) is 18.3. The van der Waals surface area contributed by atoms with E-state index >= 15 is 0 Å². The second-order valence-corrected chi connectivity index (χ2v) is 10.0. The Bertz CT molecular complexity index is 1440. The Kier molecular flexibility index (Phi) is 8.48. The number of methoxy groups -OCH3 is 1. The maximum Gasteiger partial charge on any atom is 0.328 e. The summed E-state index contributed by atoms with van der Waals surface area (Å²) in [4.78, 5) is 39.2. The lowest BCUT2D eigenvalue weighted by Crippen LogP contribution is -2.28. The van der Waals surface area contributed by atoms with Gasteiger partial charge < -0.3 is 24.6 Å². The molecule has 38 heavy (non-hydrogen) atoms. The molecule has 10 nitrogen and oxygen atoms in total. The highest BCUT2D eigenvalue weighted by Gasteiger charge is 2.39. The van der Waals surface area contributed by atoms with Gasteiger partial charge in [-0.3, -0.25) is 9.20 Å². The third kappa shape index (κ3) is 6.05. The summed E-state index contributed by atoms with van der Waals surface area (Å²) in [5, 5.41) is 15.6. The molecule has 2 aliphatic rings. The van der Waals surface area contributed by atoms with E-state index in [4.69, 9.17) is 19.7 Å². The van der Waals surface area contributed by atoms with Crippen LogP contribution in [0.4, 0.5) is 0 Å². The average molecular weight is 586 g/mol. The third-order valence-electron chi connectivity index (χ3n) is 6.72. The van der Waals surface area contributed by atoms with Gasteiger partial charge in [-0.25, -0.2) is 14.6 Å². The number of ether oxygens (including phenoxy) is 2. The number of pyridine rings is 1. The Balaban J connectivity index is 0.000000368. The van der Waals surface area contributed by atoms with Crippen molar-refractivity contribution in [1.29, 1.82) is 0 Å². The van der Waals surface area contributed by atoms with Crippen molar-refractivity contribution in [2.24, 2.45) is 5.92 Å². The second kappa shape index (κ2) is 11.8. The topological polar surface area (TPSA) is 131 Å². The molecule has 0 aliphatic carbocycles. The van der Waals surface area contributed by atoms with E-state index in [1.807, 2.05) is 31.2 Å². The van der Waals surface area contributed by atoms with Gasteiger partial charge in [-0.2, -0.15) is 0 Å². The van der Waals surface area contributed by atoms with Crippen molar-refractivity contribution in [3.05, 3.63) is 80.3 Å². The Hall–Kier alpha value is -3.70. The fraction of sp³-hybridized carbons (Fsp3) is 0.333. The number of nitrogens with zero attached hydrogens (tertiary/aromatic N) is 3. The van der Waals surface area contributed by atoms with E-state index < -0.39 is 11.9 Å². The fourth-order valence-corrected chi connectivity index (χ4v) is 5.29. The summed E-state index contributed by atoms with van der Waals surface area (Å²) >= 11 is 3.44. The van der Waals surface area contributed by atoms with E-state index in [2.05, 4.69) is 31.9 Å². The van der Waals surface area contributed by atoms with Crippen molar-refractivity contribution >= 4 is 33.5 Å². The van der Waals surface area contributed by atoms with Crippen LogP contribution in [0.2, 0.25) is 0 Å². The molecule has 2 aliphatic heterocycles. The smallest absolute Gasteiger partial charge is 0.328 e. The first-order valence-electron chi connectivity index (χ1n) is 12.0. The highest BCUT2D eigenvalue weighted by atomic mass is 79.9. The third-order valence-corrected chi connectivity index (χ3v) is 7.19. The number of carboxylic acids is 2. The molecule has 5 rings (SSSR count). The zero-order valence-electron chi connectivity index (χ0n) is 21.0. The van der Waals surface area contributed by atoms with Crippen LogP contribution in [0.3, 0.4) is 0 Å². The van der Waals surface area contributed by atoms with E-state index in [9.17, 15) is 14.4 Å². The lowest BCUT2D eigenvalue weighted by molar-refractivity contribution is -0.134. The number of hydrogen-bond acceptors (Lipinski definition) is 7. The molecule has 0 spiro atoms. The van der Waals surface area contributed by atoms with Crippen LogP contribution in [0, 0.1) is 12.8 Å². The van der Waals surface area contributed by atoms with Crippen molar-refractivity contribution in [2.75, 3.05) is 33.4 Å². The largest absolute Gasteiger partial charge is 0.493 e. The van der Waals surface area contributed by atoms with E-state index in [0.29, 0.717) is 42.7 Å². The van der Waals surface area contributed by atoms with E-state index in [-0.39, 0.29) is 5.56 Å². The number of hydrogen-bond donors (Lipinski definition) is 2. The van der Waals surface area contributed by atoms with Gasteiger partial charge in [-0.15, -0.1) is 0 Å². The molecule has 0 radical (unpaired) electrons. The number of carboxylic acid groups (broad SMARTS) is 2. The quantitative estimate of drug-likeness (QED) is 0.419. The van der Waals surface area contributed by atoms with Crippen LogP contribution in [-0.4, -0.2) is 69.8 Å². The first kappa shape index (κ1) is 27.3. The molecule has 1 fully saturated rings. The molecule has 11 heteroatoms. The van der Waals surface area contributed by atoms with Crippen LogP contribution in [0.25, 0.3) is 5.65 Å². The summed E-state index contributed by atoms with van der Waals surface area (Å²) < 4.78 is 14.0. The minimum absolute atomic E-state index is 0.0221. The second-order valence-electron chi connectivity index (χ2n) is 9.13. The number of fused-ring (bicyclic) bond motifs is 4. The first-order valence-corrected chi connectivity index (χ1v) is 12.8. The molecule has 0 unspecified atom stereocenters. The summed E-state index contributed by atoms with van der Waals surface area (Å²) in [6.45, 7) is 5.43. The monoisotopic (exact) mass is 585 g/mol. The lowest BCUT2D eigenvalue weighted by Gasteiger charge is -2.28. The van der Waals surface area contributed by atoms with E-state index in [1.54, 1.807) is 17.7 Å². The van der Waals surface area contributed by atoms with E-state index in [0.717, 1.165) is 46.9 Å². The standard InChI is InChI=1S/C23H24BrN3O3.C4H4O4/c1-14-17(23(28)27-11-16(24)6-7-21(27)25-14)8-9-26-10-15-13-30-22-18(19(15)12-26)4-3-5-20(22)29-2;5-3(6)1-2-4(7)8/h3-7,11,15,19H,8-10,12-13H2,1-2H3;1-2H,(H,5,6)(H,7,8)/b;2-1+/t15-,19-;/m0./s1. The molecule has 0 bridgehead atoms. The van der Waals surface area contributed by atoms with Crippen LogP contribution in [0.5, 0.6) is 11.5 Å². The Morgan fingerprint density at radius 2 is 1.92 bits per heavy atom. The van der Waals surface area contributed by atoms with Crippen molar-refractivity contribution in [1.82, 2.24) is 14.3 Å². The zero-order valence-corrected chi connectivity index (χ0v) is 22.6. The molecule has 1 saturated heterocycles. The van der Waals surface area contributed by atoms with Gasteiger partial charge in [-0.1, -0.05) is 12.1 Å². The Labute approximate surface area is 227 Å². The number of aliphatic carboxylic acids is 2. The Morgan fingerprint density at radius 1 is 1.18 bits per heavy atom. The molecule has 4 heterocycles. The number of aromatic nitrogens is 2. The van der Waals surface area contributed by atoms with Crippen molar-refractivity contribution in [3.63, 3.8) is 0 Å². The predicted molar refractivity (Wildman–Crippen MR) is 143 cm³/mol. The molecule has 0 amide bonds. The van der Waals surface area contributed by atoms with Gasteiger partial charge in [-0.05, 0) is 47.5 Å². The number of aryl methyl sites for hydroxylation is 1. The summed E-state index contributed by atoms with van der Waals surface area (Å²) in [5.74, 6) is 0.0944. The highest BCUT2D eigenvalue weighted by Crippen LogP contribution is 2.45. The maximum absolute atomic E-state index is 13.0. The highest BCUT2D eigenvalue weighted by molar-refractivity contribution is 9.10. The van der Waals surface area contributed by atoms with Gasteiger partial charge in [0.2, 0.25) is 0 Å². The van der Waals surface area contributed by atoms with Crippen molar-refractivity contribution in [3.8, 4) is 11.5 Å². The molecule has 2 atom stereocenters. The number of halogens is 1. The summed E-state index contributed by atoms with van der Waals surface area (Å²) in [6.07, 6.45) is 3.60. The molecule has 200 valence electrons. The molecule has 2 aromatic heterocycles. The van der Waals surface area contributed by atoms with Gasteiger partial charge in [0.1, 0.15) is 5.65 Å². The zero-order chi connectivity index (χ0) is 27.4. The molecule has 1 aromatic carbocycles. The SMILES string of the molecule is COc1cccc2c1OC[C@@H]1CN(CCc3c(C)nc4ccc(Br)cn4c3=O)C[C@H]21.O=C(O)/C=C/C(=O)O. The van der Waals surface area contributed by atoms with Crippen molar-refractivity contribution < 1.29 is 29.3 Å².